The van der Waals surface area contributed by atoms with Gasteiger partial charge in [0.05, 0.1) is 18.8 Å². The van der Waals surface area contributed by atoms with E-state index in [1.165, 1.54) is 0 Å². The molecule has 0 radical (unpaired) electrons. The summed E-state index contributed by atoms with van der Waals surface area (Å²) < 4.78 is 6.87. The van der Waals surface area contributed by atoms with Gasteiger partial charge in [-0.05, 0) is 36.4 Å². The van der Waals surface area contributed by atoms with Crippen molar-refractivity contribution in [3.63, 3.8) is 0 Å². The van der Waals surface area contributed by atoms with E-state index < -0.39 is 0 Å². The van der Waals surface area contributed by atoms with E-state index in [1.807, 2.05) is 18.2 Å². The Hall–Kier alpha value is -3.02. The number of carbonyl (C=O) groups excluding carboxylic acids is 1. The number of benzene rings is 1. The Balaban J connectivity index is 1.72. The molecule has 3 aromatic rings. The van der Waals surface area contributed by atoms with Gasteiger partial charge >= 0.3 is 6.03 Å². The van der Waals surface area contributed by atoms with Gasteiger partial charge in [-0.15, -0.1) is 0 Å². The Kier molecular flexibility index (Phi) is 3.42. The van der Waals surface area contributed by atoms with Crippen molar-refractivity contribution in [2.45, 2.75) is 0 Å². The summed E-state index contributed by atoms with van der Waals surface area (Å²) in [7, 11) is 1.60. The van der Waals surface area contributed by atoms with Gasteiger partial charge in [-0.25, -0.2) is 9.78 Å². The number of methoxy groups -OCH3 is 1. The van der Waals surface area contributed by atoms with Gasteiger partial charge in [0, 0.05) is 5.69 Å². The quantitative estimate of drug-likeness (QED) is 0.776. The molecule has 2 heterocycles. The number of aromatic nitrogens is 2. The topological polar surface area (TPSA) is 67.7 Å². The summed E-state index contributed by atoms with van der Waals surface area (Å²) in [5.74, 6) is 1.39. The van der Waals surface area contributed by atoms with Crippen molar-refractivity contribution in [1.82, 2.24) is 9.38 Å². The summed E-state index contributed by atoms with van der Waals surface area (Å²) in [6, 6.07) is 12.4. The molecule has 0 unspecified atom stereocenters. The molecular formula is C15H14N4O2. The van der Waals surface area contributed by atoms with Gasteiger partial charge in [-0.2, -0.15) is 0 Å². The molecule has 6 heteroatoms. The first-order chi connectivity index (χ1) is 10.3. The number of rotatable bonds is 3. The molecule has 0 aliphatic rings. The number of carbonyl (C=O) groups is 1. The van der Waals surface area contributed by atoms with Crippen molar-refractivity contribution in [2.75, 3.05) is 17.7 Å². The fourth-order valence-corrected chi connectivity index (χ4v) is 2.00. The third-order valence-corrected chi connectivity index (χ3v) is 3.04. The van der Waals surface area contributed by atoms with Crippen LogP contribution in [0, 0.1) is 0 Å². The second-order valence-corrected chi connectivity index (χ2v) is 4.41. The molecule has 0 saturated heterocycles. The SMILES string of the molecule is COc1ccc(NC(=O)Nc2cccc3cncn23)cc1. The Morgan fingerprint density at radius 3 is 2.71 bits per heavy atom. The van der Waals surface area contributed by atoms with Gasteiger partial charge in [-0.1, -0.05) is 6.07 Å². The molecule has 21 heavy (non-hydrogen) atoms. The minimum atomic E-state index is -0.318. The molecule has 2 amide bonds. The largest absolute Gasteiger partial charge is 0.497 e. The van der Waals surface area contributed by atoms with Crippen LogP contribution in [0.2, 0.25) is 0 Å². The number of pyridine rings is 1. The van der Waals surface area contributed by atoms with Gasteiger partial charge in [0.25, 0.3) is 0 Å². The lowest BCUT2D eigenvalue weighted by molar-refractivity contribution is 0.262. The van der Waals surface area contributed by atoms with Crippen molar-refractivity contribution < 1.29 is 9.53 Å². The maximum absolute atomic E-state index is 12.0. The van der Waals surface area contributed by atoms with Crippen LogP contribution in [0.15, 0.2) is 55.0 Å². The van der Waals surface area contributed by atoms with E-state index in [9.17, 15) is 4.79 Å². The van der Waals surface area contributed by atoms with Gasteiger partial charge in [0.1, 0.15) is 17.9 Å². The highest BCUT2D eigenvalue weighted by atomic mass is 16.5. The zero-order valence-corrected chi connectivity index (χ0v) is 11.4. The van der Waals surface area contributed by atoms with Crippen molar-refractivity contribution in [3.8, 4) is 5.75 Å². The third-order valence-electron chi connectivity index (χ3n) is 3.04. The van der Waals surface area contributed by atoms with Crippen LogP contribution in [-0.2, 0) is 0 Å². The molecule has 0 fully saturated rings. The fraction of sp³-hybridized carbons (Fsp3) is 0.0667. The van der Waals surface area contributed by atoms with Crippen molar-refractivity contribution >= 4 is 23.1 Å². The number of imidazole rings is 1. The normalized spacial score (nSPS) is 10.3. The Morgan fingerprint density at radius 1 is 1.14 bits per heavy atom. The maximum Gasteiger partial charge on any atom is 0.324 e. The molecule has 3 rings (SSSR count). The summed E-state index contributed by atoms with van der Waals surface area (Å²) >= 11 is 0. The smallest absolute Gasteiger partial charge is 0.324 e. The molecule has 1 aromatic carbocycles. The van der Waals surface area contributed by atoms with E-state index in [1.54, 1.807) is 48.3 Å². The number of fused-ring (bicyclic) bond motifs is 1. The van der Waals surface area contributed by atoms with Crippen LogP contribution in [0.5, 0.6) is 5.75 Å². The lowest BCUT2D eigenvalue weighted by atomic mass is 10.3. The minimum Gasteiger partial charge on any atom is -0.497 e. The highest BCUT2D eigenvalue weighted by Gasteiger charge is 2.06. The minimum absolute atomic E-state index is 0.318. The molecule has 2 N–H and O–H groups in total. The molecule has 106 valence electrons. The Morgan fingerprint density at radius 2 is 1.95 bits per heavy atom. The predicted molar refractivity (Wildman–Crippen MR) is 80.8 cm³/mol. The molecule has 0 aliphatic carbocycles. The zero-order chi connectivity index (χ0) is 14.7. The molecule has 0 atom stereocenters. The first-order valence-corrected chi connectivity index (χ1v) is 6.39. The van der Waals surface area contributed by atoms with Crippen LogP contribution >= 0.6 is 0 Å². The number of hydrogen-bond acceptors (Lipinski definition) is 3. The van der Waals surface area contributed by atoms with E-state index in [2.05, 4.69) is 15.6 Å². The highest BCUT2D eigenvalue weighted by Crippen LogP contribution is 2.16. The number of urea groups is 1. The number of nitrogens with one attached hydrogen (secondary N) is 2. The van der Waals surface area contributed by atoms with Crippen LogP contribution < -0.4 is 15.4 Å². The molecule has 0 spiro atoms. The molecule has 0 bridgehead atoms. The van der Waals surface area contributed by atoms with E-state index in [-0.39, 0.29) is 6.03 Å². The average molecular weight is 282 g/mol. The lowest BCUT2D eigenvalue weighted by Gasteiger charge is -2.09. The van der Waals surface area contributed by atoms with Crippen LogP contribution in [0.3, 0.4) is 0 Å². The van der Waals surface area contributed by atoms with Crippen LogP contribution in [0.1, 0.15) is 0 Å². The maximum atomic E-state index is 12.0. The molecule has 6 nitrogen and oxygen atoms in total. The first-order valence-electron chi connectivity index (χ1n) is 6.39. The number of ether oxygens (including phenoxy) is 1. The van der Waals surface area contributed by atoms with Gasteiger partial charge in [0.15, 0.2) is 0 Å². The van der Waals surface area contributed by atoms with Crippen LogP contribution in [-0.4, -0.2) is 22.5 Å². The van der Waals surface area contributed by atoms with Crippen molar-refractivity contribution in [3.05, 3.63) is 55.0 Å². The number of nitrogens with zero attached hydrogens (tertiary/aromatic N) is 2. The number of amides is 2. The van der Waals surface area contributed by atoms with Crippen molar-refractivity contribution in [1.29, 1.82) is 0 Å². The second kappa shape index (κ2) is 5.54. The zero-order valence-electron chi connectivity index (χ0n) is 11.4. The standard InChI is InChI=1S/C15H14N4O2/c1-21-13-7-5-11(6-8-13)17-15(20)18-14-4-2-3-12-9-16-10-19(12)14/h2-10H,1H3,(H2,17,18,20). The van der Waals surface area contributed by atoms with Gasteiger partial charge in [0.2, 0.25) is 0 Å². The Bertz CT molecular complexity index is 765. The number of anilines is 2. The first kappa shape index (κ1) is 13.0. The van der Waals surface area contributed by atoms with E-state index in [4.69, 9.17) is 4.74 Å². The van der Waals surface area contributed by atoms with Crippen LogP contribution in [0.4, 0.5) is 16.3 Å². The highest BCUT2D eigenvalue weighted by molar-refractivity contribution is 5.99. The lowest BCUT2D eigenvalue weighted by Crippen LogP contribution is -2.20. The molecule has 2 aromatic heterocycles. The molecular weight excluding hydrogens is 268 g/mol. The second-order valence-electron chi connectivity index (χ2n) is 4.41. The van der Waals surface area contributed by atoms with Gasteiger partial charge < -0.3 is 10.1 Å². The summed E-state index contributed by atoms with van der Waals surface area (Å²) in [5.41, 5.74) is 1.60. The number of hydrogen-bond donors (Lipinski definition) is 2. The molecule has 0 aliphatic heterocycles. The average Bonchev–Trinajstić information content (AvgIpc) is 2.97. The predicted octanol–water partition coefficient (Wildman–Crippen LogP) is 2.99. The van der Waals surface area contributed by atoms with Crippen molar-refractivity contribution in [2.24, 2.45) is 0 Å². The Labute approximate surface area is 121 Å². The molecule has 0 saturated carbocycles. The monoisotopic (exact) mass is 282 g/mol. The fourth-order valence-electron chi connectivity index (χ4n) is 2.00. The summed E-state index contributed by atoms with van der Waals surface area (Å²) in [5, 5.41) is 5.55. The summed E-state index contributed by atoms with van der Waals surface area (Å²) in [4.78, 5) is 16.1. The van der Waals surface area contributed by atoms with E-state index in [0.717, 1.165) is 11.3 Å². The summed E-state index contributed by atoms with van der Waals surface area (Å²) in [6.45, 7) is 0. The van der Waals surface area contributed by atoms with E-state index in [0.29, 0.717) is 11.5 Å². The third kappa shape index (κ3) is 2.79. The van der Waals surface area contributed by atoms with Crippen LogP contribution in [0.25, 0.3) is 5.52 Å². The van der Waals surface area contributed by atoms with Gasteiger partial charge in [-0.3, -0.25) is 9.72 Å². The summed E-state index contributed by atoms with van der Waals surface area (Å²) in [6.07, 6.45) is 3.38. The van der Waals surface area contributed by atoms with E-state index >= 15 is 0 Å².